The Balaban J connectivity index is 2.00. The molecule has 0 saturated carbocycles. The number of amides is 1. The van der Waals surface area contributed by atoms with Crippen molar-refractivity contribution in [1.82, 2.24) is 14.8 Å². The number of carbonyl (C=O) groups is 2. The fraction of sp³-hybridized carbons (Fsp3) is 0.455. The largest absolute Gasteiger partial charge is 0.385 e. The minimum atomic E-state index is -0.0865. The molecule has 1 aromatic heterocycles. The first-order valence-electron chi connectivity index (χ1n) is 9.57. The molecule has 6 nitrogen and oxygen atoms in total. The standard InChI is InChI=1S/C22H31N3O3/c1-16-7-9-19(10-8-16)25-17(2)13-20(18(25)3)21(26)14-24(4)15-22(27)23-11-6-12-28-5/h7-10,13H,6,11-12,14-15H2,1-5H3,(H,23,27). The van der Waals surface area contributed by atoms with Crippen molar-refractivity contribution in [3.05, 3.63) is 52.8 Å². The summed E-state index contributed by atoms with van der Waals surface area (Å²) in [6.45, 7) is 7.59. The van der Waals surface area contributed by atoms with Crippen LogP contribution in [-0.2, 0) is 9.53 Å². The second-order valence-corrected chi connectivity index (χ2v) is 7.25. The molecule has 1 heterocycles. The lowest BCUT2D eigenvalue weighted by Crippen LogP contribution is -2.38. The molecule has 0 spiro atoms. The molecule has 0 unspecified atom stereocenters. The summed E-state index contributed by atoms with van der Waals surface area (Å²) in [5.41, 5.74) is 4.88. The maximum Gasteiger partial charge on any atom is 0.234 e. The molecular weight excluding hydrogens is 354 g/mol. The Hall–Kier alpha value is -2.44. The van der Waals surface area contributed by atoms with Crippen LogP contribution in [0.15, 0.2) is 30.3 Å². The van der Waals surface area contributed by atoms with Crippen LogP contribution in [0.1, 0.15) is 33.7 Å². The molecular formula is C22H31N3O3. The van der Waals surface area contributed by atoms with E-state index < -0.39 is 0 Å². The summed E-state index contributed by atoms with van der Waals surface area (Å²) in [7, 11) is 3.42. The predicted octanol–water partition coefficient (Wildman–Crippen LogP) is 2.67. The molecule has 1 aromatic carbocycles. The Kier molecular flexibility index (Phi) is 7.96. The highest BCUT2D eigenvalue weighted by molar-refractivity contribution is 5.99. The number of ketones is 1. The van der Waals surface area contributed by atoms with Gasteiger partial charge >= 0.3 is 0 Å². The van der Waals surface area contributed by atoms with Gasteiger partial charge in [0.2, 0.25) is 5.91 Å². The van der Waals surface area contributed by atoms with Crippen LogP contribution in [0.2, 0.25) is 0 Å². The molecule has 2 aromatic rings. The van der Waals surface area contributed by atoms with E-state index in [1.807, 2.05) is 19.9 Å². The Morgan fingerprint density at radius 1 is 1.11 bits per heavy atom. The summed E-state index contributed by atoms with van der Waals surface area (Å²) in [4.78, 5) is 26.5. The van der Waals surface area contributed by atoms with Gasteiger partial charge in [0.1, 0.15) is 0 Å². The number of aryl methyl sites for hydroxylation is 2. The van der Waals surface area contributed by atoms with Gasteiger partial charge in [0.05, 0.1) is 13.1 Å². The Morgan fingerprint density at radius 3 is 2.43 bits per heavy atom. The summed E-state index contributed by atoms with van der Waals surface area (Å²) in [6.07, 6.45) is 0.774. The van der Waals surface area contributed by atoms with Gasteiger partial charge in [-0.15, -0.1) is 0 Å². The van der Waals surface area contributed by atoms with Gasteiger partial charge in [-0.05, 0) is 52.4 Å². The van der Waals surface area contributed by atoms with Gasteiger partial charge in [-0.3, -0.25) is 14.5 Å². The van der Waals surface area contributed by atoms with E-state index in [1.165, 1.54) is 5.56 Å². The number of likely N-dealkylation sites (N-methyl/N-ethyl adjacent to an activating group) is 1. The van der Waals surface area contributed by atoms with Crippen LogP contribution in [-0.4, -0.2) is 61.6 Å². The molecule has 0 aliphatic carbocycles. The first kappa shape index (κ1) is 21.9. The number of rotatable bonds is 10. The second kappa shape index (κ2) is 10.2. The third kappa shape index (κ3) is 5.78. The molecule has 2 rings (SSSR count). The lowest BCUT2D eigenvalue weighted by molar-refractivity contribution is -0.121. The lowest BCUT2D eigenvalue weighted by atomic mass is 10.1. The molecule has 0 saturated heterocycles. The molecule has 6 heteroatoms. The predicted molar refractivity (Wildman–Crippen MR) is 111 cm³/mol. The zero-order valence-corrected chi connectivity index (χ0v) is 17.5. The highest BCUT2D eigenvalue weighted by atomic mass is 16.5. The lowest BCUT2D eigenvalue weighted by Gasteiger charge is -2.16. The average Bonchev–Trinajstić information content (AvgIpc) is 2.94. The van der Waals surface area contributed by atoms with Crippen molar-refractivity contribution in [1.29, 1.82) is 0 Å². The van der Waals surface area contributed by atoms with Crippen molar-refractivity contribution in [2.75, 3.05) is 40.4 Å². The van der Waals surface area contributed by atoms with Gasteiger partial charge in [-0.2, -0.15) is 0 Å². The average molecular weight is 386 g/mol. The number of carbonyl (C=O) groups excluding carboxylic acids is 2. The molecule has 0 aliphatic rings. The number of Topliss-reactive ketones (excluding diaryl/α,β-unsaturated/α-hetero) is 1. The van der Waals surface area contributed by atoms with Gasteiger partial charge in [-0.1, -0.05) is 17.7 Å². The molecule has 0 atom stereocenters. The van der Waals surface area contributed by atoms with Gasteiger partial charge < -0.3 is 14.6 Å². The summed E-state index contributed by atoms with van der Waals surface area (Å²) in [6, 6.07) is 10.2. The molecule has 0 radical (unpaired) electrons. The number of benzene rings is 1. The summed E-state index contributed by atoms with van der Waals surface area (Å²) in [5.74, 6) is -0.0716. The summed E-state index contributed by atoms with van der Waals surface area (Å²) in [5, 5.41) is 2.84. The van der Waals surface area contributed by atoms with Gasteiger partial charge in [0.15, 0.2) is 5.78 Å². The zero-order valence-electron chi connectivity index (χ0n) is 17.5. The summed E-state index contributed by atoms with van der Waals surface area (Å²) < 4.78 is 7.05. The highest BCUT2D eigenvalue weighted by Crippen LogP contribution is 2.21. The minimum Gasteiger partial charge on any atom is -0.385 e. The Morgan fingerprint density at radius 2 is 1.79 bits per heavy atom. The number of hydrogen-bond acceptors (Lipinski definition) is 4. The van der Waals surface area contributed by atoms with E-state index in [1.54, 1.807) is 19.1 Å². The van der Waals surface area contributed by atoms with Crippen molar-refractivity contribution in [3.8, 4) is 5.69 Å². The van der Waals surface area contributed by atoms with Crippen molar-refractivity contribution in [2.45, 2.75) is 27.2 Å². The van der Waals surface area contributed by atoms with Crippen LogP contribution < -0.4 is 5.32 Å². The van der Waals surface area contributed by atoms with Crippen molar-refractivity contribution < 1.29 is 14.3 Å². The van der Waals surface area contributed by atoms with Gasteiger partial charge in [-0.25, -0.2) is 0 Å². The molecule has 0 bridgehead atoms. The number of ether oxygens (including phenoxy) is 1. The molecule has 152 valence electrons. The van der Waals surface area contributed by atoms with Crippen LogP contribution in [0, 0.1) is 20.8 Å². The van der Waals surface area contributed by atoms with E-state index in [-0.39, 0.29) is 24.8 Å². The van der Waals surface area contributed by atoms with Crippen LogP contribution in [0.3, 0.4) is 0 Å². The van der Waals surface area contributed by atoms with Crippen molar-refractivity contribution in [3.63, 3.8) is 0 Å². The maximum absolute atomic E-state index is 12.8. The molecule has 0 fully saturated rings. The molecule has 28 heavy (non-hydrogen) atoms. The van der Waals surface area contributed by atoms with E-state index in [0.717, 1.165) is 23.5 Å². The number of hydrogen-bond donors (Lipinski definition) is 1. The van der Waals surface area contributed by atoms with E-state index in [4.69, 9.17) is 4.74 Å². The highest BCUT2D eigenvalue weighted by Gasteiger charge is 2.18. The third-order valence-corrected chi connectivity index (χ3v) is 4.70. The first-order chi connectivity index (χ1) is 13.3. The van der Waals surface area contributed by atoms with Crippen LogP contribution in [0.5, 0.6) is 0 Å². The Bertz CT molecular complexity index is 809. The van der Waals surface area contributed by atoms with Gasteiger partial charge in [0.25, 0.3) is 0 Å². The number of nitrogens with one attached hydrogen (secondary N) is 1. The molecule has 1 amide bonds. The normalized spacial score (nSPS) is 11.1. The quantitative estimate of drug-likeness (QED) is 0.504. The van der Waals surface area contributed by atoms with Crippen LogP contribution in [0.25, 0.3) is 5.69 Å². The SMILES string of the molecule is COCCCNC(=O)CN(C)CC(=O)c1cc(C)n(-c2ccc(C)cc2)c1C. The number of nitrogens with zero attached hydrogens (tertiary/aromatic N) is 2. The van der Waals surface area contributed by atoms with Crippen molar-refractivity contribution in [2.24, 2.45) is 0 Å². The molecule has 0 aliphatic heterocycles. The fourth-order valence-corrected chi connectivity index (χ4v) is 3.27. The smallest absolute Gasteiger partial charge is 0.234 e. The number of methoxy groups -OCH3 is 1. The Labute approximate surface area is 167 Å². The van der Waals surface area contributed by atoms with Crippen LogP contribution in [0.4, 0.5) is 0 Å². The molecule has 1 N–H and O–H groups in total. The second-order valence-electron chi connectivity index (χ2n) is 7.25. The summed E-state index contributed by atoms with van der Waals surface area (Å²) >= 11 is 0. The van der Waals surface area contributed by atoms with E-state index in [0.29, 0.717) is 18.7 Å². The third-order valence-electron chi connectivity index (χ3n) is 4.70. The van der Waals surface area contributed by atoms with E-state index >= 15 is 0 Å². The number of aromatic nitrogens is 1. The monoisotopic (exact) mass is 385 g/mol. The minimum absolute atomic E-state index is 0.0149. The van der Waals surface area contributed by atoms with Gasteiger partial charge in [0, 0.05) is 42.9 Å². The van der Waals surface area contributed by atoms with Crippen molar-refractivity contribution >= 4 is 11.7 Å². The zero-order chi connectivity index (χ0) is 20.7. The fourth-order valence-electron chi connectivity index (χ4n) is 3.27. The maximum atomic E-state index is 12.8. The van der Waals surface area contributed by atoms with Crippen LogP contribution >= 0.6 is 0 Å². The van der Waals surface area contributed by atoms with E-state index in [9.17, 15) is 9.59 Å². The van der Waals surface area contributed by atoms with E-state index in [2.05, 4.69) is 41.1 Å². The topological polar surface area (TPSA) is 63.6 Å². The first-order valence-corrected chi connectivity index (χ1v) is 9.57.